The quantitative estimate of drug-likeness (QED) is 0.654. The first-order chi connectivity index (χ1) is 10.2. The van der Waals surface area contributed by atoms with Gasteiger partial charge in [0.2, 0.25) is 0 Å². The number of benzene rings is 2. The minimum atomic E-state index is -1.18. The Balaban J connectivity index is 1.98. The highest BCUT2D eigenvalue weighted by molar-refractivity contribution is 5.94. The van der Waals surface area contributed by atoms with Crippen LogP contribution < -0.4 is 0 Å². The van der Waals surface area contributed by atoms with E-state index in [0.29, 0.717) is 0 Å². The van der Waals surface area contributed by atoms with E-state index in [1.165, 1.54) is 0 Å². The lowest BCUT2D eigenvalue weighted by Gasteiger charge is -2.12. The molecule has 0 unspecified atom stereocenters. The molecule has 0 heterocycles. The van der Waals surface area contributed by atoms with E-state index in [1.54, 1.807) is 12.1 Å². The van der Waals surface area contributed by atoms with Crippen molar-refractivity contribution >= 4 is 11.9 Å². The topological polar surface area (TPSA) is 63.6 Å². The molecule has 0 aliphatic carbocycles. The predicted molar refractivity (Wildman–Crippen MR) is 77.5 cm³/mol. The highest BCUT2D eigenvalue weighted by atomic mass is 16.5. The third-order valence-corrected chi connectivity index (χ3v) is 3.09. The highest BCUT2D eigenvalue weighted by Crippen LogP contribution is 2.12. The summed E-state index contributed by atoms with van der Waals surface area (Å²) in [5.41, 5.74) is 1.62. The van der Waals surface area contributed by atoms with Gasteiger partial charge in [0, 0.05) is 0 Å². The first kappa shape index (κ1) is 14.8. The Labute approximate surface area is 123 Å². The zero-order valence-corrected chi connectivity index (χ0v) is 11.4. The molecule has 0 aliphatic heterocycles. The van der Waals surface area contributed by atoms with Crippen LogP contribution in [0.1, 0.15) is 11.1 Å². The molecule has 0 bridgehead atoms. The second kappa shape index (κ2) is 7.24. The van der Waals surface area contributed by atoms with Gasteiger partial charge in [-0.05, 0) is 17.5 Å². The number of carbonyl (C=O) groups is 2. The third-order valence-electron chi connectivity index (χ3n) is 3.09. The second-order valence-corrected chi connectivity index (χ2v) is 4.67. The molecule has 0 aliphatic rings. The minimum absolute atomic E-state index is 0.0816. The molecule has 0 saturated heterocycles. The number of carboxylic acid groups (broad SMARTS) is 1. The van der Waals surface area contributed by atoms with Gasteiger partial charge in [0.15, 0.2) is 5.92 Å². The van der Waals surface area contributed by atoms with Crippen LogP contribution in [0.2, 0.25) is 0 Å². The molecule has 0 aromatic heterocycles. The fourth-order valence-corrected chi connectivity index (χ4v) is 1.95. The van der Waals surface area contributed by atoms with Crippen molar-refractivity contribution in [3.63, 3.8) is 0 Å². The first-order valence-electron chi connectivity index (χ1n) is 6.64. The lowest BCUT2D eigenvalue weighted by Crippen LogP contribution is -2.27. The number of carboxylic acids is 1. The summed E-state index contributed by atoms with van der Waals surface area (Å²) in [7, 11) is 0. The Bertz CT molecular complexity index is 593. The lowest BCUT2D eigenvalue weighted by atomic mass is 10.00. The Morgan fingerprint density at radius 3 is 1.95 bits per heavy atom. The van der Waals surface area contributed by atoms with Crippen LogP contribution in [-0.4, -0.2) is 17.0 Å². The second-order valence-electron chi connectivity index (χ2n) is 4.67. The summed E-state index contributed by atoms with van der Waals surface area (Å²) in [6.07, 6.45) is 0.129. The number of carbonyl (C=O) groups excluding carboxylic acids is 1. The van der Waals surface area contributed by atoms with Crippen molar-refractivity contribution in [2.45, 2.75) is 13.0 Å². The molecule has 2 aromatic rings. The van der Waals surface area contributed by atoms with Crippen LogP contribution in [0.5, 0.6) is 0 Å². The number of hydrogen-bond donors (Lipinski definition) is 1. The van der Waals surface area contributed by atoms with E-state index >= 15 is 0 Å². The van der Waals surface area contributed by atoms with Gasteiger partial charge in [0.1, 0.15) is 6.61 Å². The van der Waals surface area contributed by atoms with E-state index in [0.717, 1.165) is 11.1 Å². The van der Waals surface area contributed by atoms with Gasteiger partial charge in [-0.2, -0.15) is 0 Å². The molecular weight excluding hydrogens is 268 g/mol. The molecule has 0 amide bonds. The number of aliphatic carboxylic acids is 1. The molecule has 4 nitrogen and oxygen atoms in total. The SMILES string of the molecule is O=C(O)[C@@H](Cc1ccccc1)C(=O)OCc1ccccc1. The molecule has 0 spiro atoms. The predicted octanol–water partition coefficient (Wildman–Crippen LogP) is 2.67. The molecular formula is C17H16O4. The standard InChI is InChI=1S/C17H16O4/c18-16(19)15(11-13-7-3-1-4-8-13)17(20)21-12-14-9-5-2-6-10-14/h1-10,15H,11-12H2,(H,18,19)/t15-/m1/s1. The lowest BCUT2D eigenvalue weighted by molar-refractivity contribution is -0.159. The van der Waals surface area contributed by atoms with Crippen LogP contribution in [0.25, 0.3) is 0 Å². The van der Waals surface area contributed by atoms with Crippen LogP contribution in [-0.2, 0) is 27.4 Å². The van der Waals surface area contributed by atoms with Crippen molar-refractivity contribution < 1.29 is 19.4 Å². The van der Waals surface area contributed by atoms with Gasteiger partial charge in [-0.3, -0.25) is 9.59 Å². The summed E-state index contributed by atoms with van der Waals surface area (Å²) >= 11 is 0. The van der Waals surface area contributed by atoms with Gasteiger partial charge in [-0.25, -0.2) is 0 Å². The normalized spacial score (nSPS) is 11.6. The van der Waals surface area contributed by atoms with E-state index in [2.05, 4.69) is 0 Å². The van der Waals surface area contributed by atoms with Crippen LogP contribution >= 0.6 is 0 Å². The maximum atomic E-state index is 12.0. The van der Waals surface area contributed by atoms with Crippen molar-refractivity contribution in [3.8, 4) is 0 Å². The summed E-state index contributed by atoms with van der Waals surface area (Å²) in [5, 5.41) is 9.20. The smallest absolute Gasteiger partial charge is 0.320 e. The molecule has 0 saturated carbocycles. The summed E-state index contributed by atoms with van der Waals surface area (Å²) in [4.78, 5) is 23.2. The van der Waals surface area contributed by atoms with Gasteiger partial charge < -0.3 is 9.84 Å². The van der Waals surface area contributed by atoms with Crippen LogP contribution in [0.3, 0.4) is 0 Å². The minimum Gasteiger partial charge on any atom is -0.481 e. The number of esters is 1. The molecule has 2 aromatic carbocycles. The zero-order chi connectivity index (χ0) is 15.1. The summed E-state index contributed by atoms with van der Waals surface area (Å²) < 4.78 is 5.10. The van der Waals surface area contributed by atoms with E-state index in [-0.39, 0.29) is 13.0 Å². The Kier molecular flexibility index (Phi) is 5.10. The number of rotatable bonds is 6. The molecule has 1 atom stereocenters. The van der Waals surface area contributed by atoms with Crippen molar-refractivity contribution in [2.75, 3.05) is 0 Å². The van der Waals surface area contributed by atoms with Crippen molar-refractivity contribution in [1.29, 1.82) is 0 Å². The van der Waals surface area contributed by atoms with Crippen LogP contribution in [0.15, 0.2) is 60.7 Å². The van der Waals surface area contributed by atoms with E-state index < -0.39 is 17.9 Å². The van der Waals surface area contributed by atoms with Crippen LogP contribution in [0.4, 0.5) is 0 Å². The molecule has 0 fully saturated rings. The van der Waals surface area contributed by atoms with Gasteiger partial charge in [0.05, 0.1) is 0 Å². The van der Waals surface area contributed by atoms with Crippen molar-refractivity contribution in [1.82, 2.24) is 0 Å². The maximum Gasteiger partial charge on any atom is 0.320 e. The Morgan fingerprint density at radius 2 is 1.43 bits per heavy atom. The molecule has 21 heavy (non-hydrogen) atoms. The average molecular weight is 284 g/mol. The van der Waals surface area contributed by atoms with Gasteiger partial charge in [-0.15, -0.1) is 0 Å². The summed E-state index contributed by atoms with van der Waals surface area (Å²) in [5.74, 6) is -3.07. The maximum absolute atomic E-state index is 12.0. The highest BCUT2D eigenvalue weighted by Gasteiger charge is 2.28. The molecule has 0 radical (unpaired) electrons. The third kappa shape index (κ3) is 4.45. The fourth-order valence-electron chi connectivity index (χ4n) is 1.95. The Morgan fingerprint density at radius 1 is 0.905 bits per heavy atom. The zero-order valence-electron chi connectivity index (χ0n) is 11.4. The number of hydrogen-bond acceptors (Lipinski definition) is 3. The molecule has 108 valence electrons. The summed E-state index contributed by atoms with van der Waals surface area (Å²) in [6.45, 7) is 0.0816. The van der Waals surface area contributed by atoms with Crippen molar-refractivity contribution in [2.24, 2.45) is 5.92 Å². The summed E-state index contributed by atoms with van der Waals surface area (Å²) in [6, 6.07) is 18.2. The van der Waals surface area contributed by atoms with Gasteiger partial charge in [-0.1, -0.05) is 60.7 Å². The first-order valence-corrected chi connectivity index (χ1v) is 6.64. The molecule has 4 heteroatoms. The van der Waals surface area contributed by atoms with Crippen molar-refractivity contribution in [3.05, 3.63) is 71.8 Å². The Hall–Kier alpha value is -2.62. The molecule has 1 N–H and O–H groups in total. The molecule has 2 rings (SSSR count). The van der Waals surface area contributed by atoms with E-state index in [1.807, 2.05) is 48.5 Å². The fraction of sp³-hybridized carbons (Fsp3) is 0.176. The van der Waals surface area contributed by atoms with E-state index in [9.17, 15) is 14.7 Å². The number of ether oxygens (including phenoxy) is 1. The van der Waals surface area contributed by atoms with Gasteiger partial charge >= 0.3 is 11.9 Å². The monoisotopic (exact) mass is 284 g/mol. The largest absolute Gasteiger partial charge is 0.481 e. The average Bonchev–Trinajstić information content (AvgIpc) is 2.52. The van der Waals surface area contributed by atoms with Gasteiger partial charge in [0.25, 0.3) is 0 Å². The van der Waals surface area contributed by atoms with Crippen LogP contribution in [0, 0.1) is 5.92 Å². The van der Waals surface area contributed by atoms with E-state index in [4.69, 9.17) is 4.74 Å².